The Hall–Kier alpha value is -1.83. The minimum Gasteiger partial charge on any atom is -0.376 e. The summed E-state index contributed by atoms with van der Waals surface area (Å²) in [7, 11) is 0. The Labute approximate surface area is 125 Å². The van der Waals surface area contributed by atoms with Crippen LogP contribution >= 0.6 is 11.3 Å². The molecule has 0 amide bonds. The maximum absolute atomic E-state index is 5.68. The summed E-state index contributed by atoms with van der Waals surface area (Å²) in [6.45, 7) is 1.82. The lowest BCUT2D eigenvalue weighted by Gasteiger charge is -2.20. The van der Waals surface area contributed by atoms with Crippen LogP contribution in [0.5, 0.6) is 0 Å². The SMILES string of the molecule is c1ccc(Cc2nnc3sc([C@@H]4COCCO4)nn23)cc1. The fraction of sp³-hybridized carbons (Fsp3) is 0.357. The van der Waals surface area contributed by atoms with E-state index in [-0.39, 0.29) is 6.10 Å². The van der Waals surface area contributed by atoms with Crippen molar-refractivity contribution < 1.29 is 9.47 Å². The van der Waals surface area contributed by atoms with Crippen LogP contribution in [0.4, 0.5) is 0 Å². The lowest BCUT2D eigenvalue weighted by Crippen LogP contribution is -2.22. The highest BCUT2D eigenvalue weighted by Crippen LogP contribution is 2.25. The third kappa shape index (κ3) is 2.55. The van der Waals surface area contributed by atoms with Gasteiger partial charge in [-0.1, -0.05) is 41.7 Å². The zero-order valence-corrected chi connectivity index (χ0v) is 12.1. The van der Waals surface area contributed by atoms with Gasteiger partial charge in [-0.15, -0.1) is 10.2 Å². The summed E-state index contributed by atoms with van der Waals surface area (Å²) in [6.07, 6.45) is 0.628. The first kappa shape index (κ1) is 12.9. The van der Waals surface area contributed by atoms with Gasteiger partial charge in [-0.2, -0.15) is 9.61 Å². The fourth-order valence-electron chi connectivity index (χ4n) is 2.32. The van der Waals surface area contributed by atoms with Crippen LogP contribution in [0.15, 0.2) is 30.3 Å². The summed E-state index contributed by atoms with van der Waals surface area (Å²) >= 11 is 1.51. The Balaban J connectivity index is 1.63. The maximum atomic E-state index is 5.68. The van der Waals surface area contributed by atoms with Gasteiger partial charge in [0.15, 0.2) is 5.82 Å². The molecule has 0 radical (unpaired) electrons. The van der Waals surface area contributed by atoms with Crippen LogP contribution in [0.2, 0.25) is 0 Å². The van der Waals surface area contributed by atoms with Crippen LogP contribution in [0.1, 0.15) is 22.5 Å². The molecule has 6 nitrogen and oxygen atoms in total. The lowest BCUT2D eigenvalue weighted by molar-refractivity contribution is -0.0904. The first-order valence-electron chi connectivity index (χ1n) is 6.84. The molecule has 4 rings (SSSR count). The number of nitrogens with zero attached hydrogens (tertiary/aromatic N) is 4. The first-order chi connectivity index (χ1) is 10.4. The molecule has 3 aromatic rings. The van der Waals surface area contributed by atoms with Gasteiger partial charge in [-0.3, -0.25) is 0 Å². The van der Waals surface area contributed by atoms with Crippen LogP contribution < -0.4 is 0 Å². The van der Waals surface area contributed by atoms with E-state index in [2.05, 4.69) is 27.4 Å². The van der Waals surface area contributed by atoms with Crippen LogP contribution in [-0.2, 0) is 15.9 Å². The Morgan fingerprint density at radius 1 is 1.19 bits per heavy atom. The molecule has 1 aromatic carbocycles. The molecule has 108 valence electrons. The summed E-state index contributed by atoms with van der Waals surface area (Å²) in [5.74, 6) is 0.843. The molecule has 7 heteroatoms. The Kier molecular flexibility index (Phi) is 3.38. The van der Waals surface area contributed by atoms with Crippen LogP contribution in [-0.4, -0.2) is 39.6 Å². The van der Waals surface area contributed by atoms with Gasteiger partial charge in [0.2, 0.25) is 4.96 Å². The molecule has 3 heterocycles. The summed E-state index contributed by atoms with van der Waals surface area (Å²) in [5, 5.41) is 13.9. The smallest absolute Gasteiger partial charge is 0.234 e. The molecule has 1 aliphatic rings. The van der Waals surface area contributed by atoms with E-state index in [1.54, 1.807) is 0 Å². The van der Waals surface area contributed by atoms with E-state index in [0.717, 1.165) is 15.8 Å². The largest absolute Gasteiger partial charge is 0.376 e. The van der Waals surface area contributed by atoms with E-state index in [1.165, 1.54) is 16.9 Å². The molecule has 2 aromatic heterocycles. The van der Waals surface area contributed by atoms with Gasteiger partial charge in [0.1, 0.15) is 11.1 Å². The van der Waals surface area contributed by atoms with E-state index in [4.69, 9.17) is 9.47 Å². The van der Waals surface area contributed by atoms with Gasteiger partial charge < -0.3 is 9.47 Å². The first-order valence-corrected chi connectivity index (χ1v) is 7.66. The van der Waals surface area contributed by atoms with Crippen LogP contribution in [0.25, 0.3) is 4.96 Å². The Morgan fingerprint density at radius 3 is 2.90 bits per heavy atom. The van der Waals surface area contributed by atoms with E-state index < -0.39 is 0 Å². The highest BCUT2D eigenvalue weighted by Gasteiger charge is 2.22. The van der Waals surface area contributed by atoms with Crippen molar-refractivity contribution in [3.05, 3.63) is 46.7 Å². The maximum Gasteiger partial charge on any atom is 0.234 e. The molecule has 0 unspecified atom stereocenters. The van der Waals surface area contributed by atoms with Gasteiger partial charge >= 0.3 is 0 Å². The molecule has 0 N–H and O–H groups in total. The van der Waals surface area contributed by atoms with Crippen molar-refractivity contribution >= 4 is 16.3 Å². The molecule has 0 spiro atoms. The van der Waals surface area contributed by atoms with E-state index in [0.29, 0.717) is 26.2 Å². The van der Waals surface area contributed by atoms with Gasteiger partial charge in [0.05, 0.1) is 19.8 Å². The van der Waals surface area contributed by atoms with Gasteiger partial charge in [0.25, 0.3) is 0 Å². The molecule has 1 aliphatic heterocycles. The zero-order valence-electron chi connectivity index (χ0n) is 11.3. The normalized spacial score (nSPS) is 19.1. The predicted molar refractivity (Wildman–Crippen MR) is 77.4 cm³/mol. The predicted octanol–water partition coefficient (Wildman–Crippen LogP) is 1.86. The molecule has 21 heavy (non-hydrogen) atoms. The van der Waals surface area contributed by atoms with E-state index in [1.807, 2.05) is 22.7 Å². The summed E-state index contributed by atoms with van der Waals surface area (Å²) in [4.78, 5) is 0.796. The molecular formula is C14H14N4O2S. The van der Waals surface area contributed by atoms with Crippen molar-refractivity contribution in [2.45, 2.75) is 12.5 Å². The van der Waals surface area contributed by atoms with Gasteiger partial charge in [-0.05, 0) is 5.56 Å². The van der Waals surface area contributed by atoms with Crippen molar-refractivity contribution in [2.24, 2.45) is 0 Å². The third-order valence-electron chi connectivity index (χ3n) is 3.37. The van der Waals surface area contributed by atoms with Crippen LogP contribution in [0, 0.1) is 0 Å². The molecule has 1 atom stereocenters. The van der Waals surface area contributed by atoms with Crippen molar-refractivity contribution in [1.29, 1.82) is 0 Å². The molecule has 1 saturated heterocycles. The van der Waals surface area contributed by atoms with Crippen molar-refractivity contribution in [2.75, 3.05) is 19.8 Å². The number of rotatable bonds is 3. The fourth-order valence-corrected chi connectivity index (χ4v) is 3.21. The molecule has 0 bridgehead atoms. The van der Waals surface area contributed by atoms with Gasteiger partial charge in [0, 0.05) is 6.42 Å². The molecular weight excluding hydrogens is 288 g/mol. The summed E-state index contributed by atoms with van der Waals surface area (Å²) < 4.78 is 12.9. The summed E-state index contributed by atoms with van der Waals surface area (Å²) in [6, 6.07) is 10.2. The highest BCUT2D eigenvalue weighted by atomic mass is 32.1. The minimum atomic E-state index is -0.0879. The highest BCUT2D eigenvalue weighted by molar-refractivity contribution is 7.16. The topological polar surface area (TPSA) is 61.5 Å². The lowest BCUT2D eigenvalue weighted by atomic mass is 10.1. The number of fused-ring (bicyclic) bond motifs is 1. The quantitative estimate of drug-likeness (QED) is 0.739. The molecule has 1 fully saturated rings. The second kappa shape index (κ2) is 5.51. The standard InChI is InChI=1S/C14H14N4O2S/c1-2-4-10(5-3-1)8-12-15-16-14-18(12)17-13(21-14)11-9-19-6-7-20-11/h1-5,11H,6-9H2/t11-/m0/s1. The number of ether oxygens (including phenoxy) is 2. The van der Waals surface area contributed by atoms with Crippen molar-refractivity contribution in [3.63, 3.8) is 0 Å². The number of hydrogen-bond donors (Lipinski definition) is 0. The van der Waals surface area contributed by atoms with Crippen molar-refractivity contribution in [1.82, 2.24) is 19.8 Å². The average molecular weight is 302 g/mol. The minimum absolute atomic E-state index is 0.0879. The monoisotopic (exact) mass is 302 g/mol. The Morgan fingerprint density at radius 2 is 2.10 bits per heavy atom. The van der Waals surface area contributed by atoms with Crippen molar-refractivity contribution in [3.8, 4) is 0 Å². The molecule has 0 aliphatic carbocycles. The second-order valence-electron chi connectivity index (χ2n) is 4.85. The summed E-state index contributed by atoms with van der Waals surface area (Å²) in [5.41, 5.74) is 1.19. The molecule has 0 saturated carbocycles. The number of benzene rings is 1. The van der Waals surface area contributed by atoms with Crippen LogP contribution in [0.3, 0.4) is 0 Å². The number of hydrogen-bond acceptors (Lipinski definition) is 6. The third-order valence-corrected chi connectivity index (χ3v) is 4.36. The Bertz CT molecular complexity index is 734. The van der Waals surface area contributed by atoms with E-state index >= 15 is 0 Å². The number of aromatic nitrogens is 4. The van der Waals surface area contributed by atoms with E-state index in [9.17, 15) is 0 Å². The average Bonchev–Trinajstić information content (AvgIpc) is 3.11. The van der Waals surface area contributed by atoms with Gasteiger partial charge in [-0.25, -0.2) is 0 Å². The second-order valence-corrected chi connectivity index (χ2v) is 5.84. The zero-order chi connectivity index (χ0) is 14.1.